The molecular weight excluding hydrogens is 745 g/mol. The Hall–Kier alpha value is -3.15. The third-order valence-corrected chi connectivity index (χ3v) is 10.5. The van der Waals surface area contributed by atoms with Crippen molar-refractivity contribution in [3.8, 4) is 0 Å². The third-order valence-electron chi connectivity index (χ3n) is 10.5. The van der Waals surface area contributed by atoms with Crippen molar-refractivity contribution in [2.75, 3.05) is 13.2 Å². The van der Waals surface area contributed by atoms with Crippen LogP contribution in [0.4, 0.5) is 0 Å². The quantitative estimate of drug-likeness (QED) is 0.0263. The van der Waals surface area contributed by atoms with Gasteiger partial charge in [0.1, 0.15) is 13.2 Å². The van der Waals surface area contributed by atoms with Crippen molar-refractivity contribution in [1.29, 1.82) is 0 Å². The number of hydrogen-bond acceptors (Lipinski definition) is 6. The Bertz CT molecular complexity index is 1140. The molecule has 0 N–H and O–H groups in total. The van der Waals surface area contributed by atoms with Gasteiger partial charge in [-0.05, 0) is 77.0 Å². The van der Waals surface area contributed by atoms with Gasteiger partial charge >= 0.3 is 17.9 Å². The van der Waals surface area contributed by atoms with E-state index in [2.05, 4.69) is 81.5 Å². The van der Waals surface area contributed by atoms with Crippen molar-refractivity contribution in [3.63, 3.8) is 0 Å². The molecule has 1 atom stereocenters. The van der Waals surface area contributed by atoms with Crippen LogP contribution in [0.15, 0.2) is 72.9 Å². The van der Waals surface area contributed by atoms with Gasteiger partial charge in [0.05, 0.1) is 0 Å². The Labute approximate surface area is 370 Å². The van der Waals surface area contributed by atoms with Crippen LogP contribution in [0, 0.1) is 0 Å². The fraction of sp³-hybridized carbons (Fsp3) is 0.722. The zero-order chi connectivity index (χ0) is 43.7. The van der Waals surface area contributed by atoms with Gasteiger partial charge in [0.2, 0.25) is 0 Å². The fourth-order valence-corrected chi connectivity index (χ4v) is 6.72. The smallest absolute Gasteiger partial charge is 0.306 e. The average Bonchev–Trinajstić information content (AvgIpc) is 3.24. The van der Waals surface area contributed by atoms with E-state index < -0.39 is 6.10 Å². The molecule has 0 spiro atoms. The standard InChI is InChI=1S/C54H92O6/c1-4-7-10-13-16-19-22-25-26-27-30-32-35-38-41-44-47-53(56)59-50-51(60-54(57)48-45-42-39-36-33-29-24-21-18-15-12-9-6-3)49-58-52(55)46-43-40-37-34-31-28-23-20-17-14-11-8-5-2/h7,10,16,19,25-26,29-30,32-33,38,41,51H,4-6,8-9,11-15,17-18,20-24,27-28,31,34-37,39-40,42-50H2,1-3H3/b10-7-,19-16-,26-25-,32-30-,33-29-,41-38-. The normalized spacial score (nSPS) is 12.7. The van der Waals surface area contributed by atoms with Crippen LogP contribution in [0.2, 0.25) is 0 Å². The van der Waals surface area contributed by atoms with Crippen molar-refractivity contribution in [3.05, 3.63) is 72.9 Å². The van der Waals surface area contributed by atoms with Gasteiger partial charge in [-0.15, -0.1) is 0 Å². The van der Waals surface area contributed by atoms with Crippen molar-refractivity contribution < 1.29 is 28.6 Å². The molecule has 0 aromatic heterocycles. The predicted molar refractivity (Wildman–Crippen MR) is 256 cm³/mol. The maximum absolute atomic E-state index is 12.8. The van der Waals surface area contributed by atoms with Crippen LogP contribution in [-0.4, -0.2) is 37.2 Å². The molecule has 0 aliphatic carbocycles. The summed E-state index contributed by atoms with van der Waals surface area (Å²) in [5.41, 5.74) is 0. The largest absolute Gasteiger partial charge is 0.462 e. The lowest BCUT2D eigenvalue weighted by Crippen LogP contribution is -2.30. The van der Waals surface area contributed by atoms with E-state index in [-0.39, 0.29) is 37.5 Å². The van der Waals surface area contributed by atoms with E-state index >= 15 is 0 Å². The first-order valence-corrected chi connectivity index (χ1v) is 24.9. The molecule has 0 saturated heterocycles. The number of allylic oxidation sites excluding steroid dienone is 12. The molecule has 0 aliphatic rings. The van der Waals surface area contributed by atoms with E-state index in [9.17, 15) is 14.4 Å². The van der Waals surface area contributed by atoms with Gasteiger partial charge in [-0.25, -0.2) is 0 Å². The van der Waals surface area contributed by atoms with Crippen LogP contribution in [0.3, 0.4) is 0 Å². The monoisotopic (exact) mass is 837 g/mol. The maximum atomic E-state index is 12.8. The highest BCUT2D eigenvalue weighted by atomic mass is 16.6. The lowest BCUT2D eigenvalue weighted by molar-refractivity contribution is -0.166. The number of carbonyl (C=O) groups is 3. The second-order valence-electron chi connectivity index (χ2n) is 16.3. The molecule has 0 aromatic carbocycles. The zero-order valence-corrected chi connectivity index (χ0v) is 39.2. The highest BCUT2D eigenvalue weighted by Gasteiger charge is 2.19. The minimum atomic E-state index is -0.810. The summed E-state index contributed by atoms with van der Waals surface area (Å²) in [4.78, 5) is 37.9. The van der Waals surface area contributed by atoms with Gasteiger partial charge in [0.15, 0.2) is 6.10 Å². The van der Waals surface area contributed by atoms with Crippen LogP contribution >= 0.6 is 0 Å². The van der Waals surface area contributed by atoms with Gasteiger partial charge in [-0.1, -0.05) is 209 Å². The molecular formula is C54H92O6. The van der Waals surface area contributed by atoms with Gasteiger partial charge in [0.25, 0.3) is 0 Å². The number of esters is 3. The molecule has 0 aromatic rings. The maximum Gasteiger partial charge on any atom is 0.306 e. The summed E-state index contributed by atoms with van der Waals surface area (Å²) in [6.45, 7) is 6.43. The van der Waals surface area contributed by atoms with Gasteiger partial charge < -0.3 is 14.2 Å². The first kappa shape index (κ1) is 56.9. The van der Waals surface area contributed by atoms with E-state index in [0.29, 0.717) is 19.3 Å². The van der Waals surface area contributed by atoms with E-state index in [0.717, 1.165) is 83.5 Å². The van der Waals surface area contributed by atoms with E-state index in [1.807, 2.05) is 12.2 Å². The molecule has 0 saturated carbocycles. The number of hydrogen-bond donors (Lipinski definition) is 0. The molecule has 0 fully saturated rings. The van der Waals surface area contributed by atoms with Gasteiger partial charge in [-0.3, -0.25) is 14.4 Å². The zero-order valence-electron chi connectivity index (χ0n) is 39.2. The summed E-state index contributed by atoms with van der Waals surface area (Å²) in [5, 5.41) is 0. The second kappa shape index (κ2) is 48.5. The molecule has 0 amide bonds. The molecule has 0 aliphatic heterocycles. The van der Waals surface area contributed by atoms with Crippen LogP contribution < -0.4 is 0 Å². The molecule has 1 unspecified atom stereocenters. The Balaban J connectivity index is 4.50. The molecule has 6 nitrogen and oxygen atoms in total. The summed E-state index contributed by atoms with van der Waals surface area (Å²) in [6, 6.07) is 0. The minimum Gasteiger partial charge on any atom is -0.462 e. The van der Waals surface area contributed by atoms with Crippen LogP contribution in [0.25, 0.3) is 0 Å². The van der Waals surface area contributed by atoms with Crippen molar-refractivity contribution >= 4 is 17.9 Å². The average molecular weight is 837 g/mol. The second-order valence-corrected chi connectivity index (χ2v) is 16.3. The molecule has 0 bridgehead atoms. The number of ether oxygens (including phenoxy) is 3. The topological polar surface area (TPSA) is 78.9 Å². The summed E-state index contributed by atoms with van der Waals surface area (Å²) in [7, 11) is 0. The lowest BCUT2D eigenvalue weighted by Gasteiger charge is -2.18. The summed E-state index contributed by atoms with van der Waals surface area (Å²) >= 11 is 0. The minimum absolute atomic E-state index is 0.103. The molecule has 6 heteroatoms. The third kappa shape index (κ3) is 45.9. The summed E-state index contributed by atoms with van der Waals surface area (Å²) in [6.07, 6.45) is 60.4. The molecule has 344 valence electrons. The molecule has 60 heavy (non-hydrogen) atoms. The highest BCUT2D eigenvalue weighted by Crippen LogP contribution is 2.14. The van der Waals surface area contributed by atoms with E-state index in [1.54, 1.807) is 0 Å². The Morgan fingerprint density at radius 2 is 0.683 bits per heavy atom. The van der Waals surface area contributed by atoms with Crippen molar-refractivity contribution in [1.82, 2.24) is 0 Å². The van der Waals surface area contributed by atoms with Crippen molar-refractivity contribution in [2.24, 2.45) is 0 Å². The summed E-state index contributed by atoms with van der Waals surface area (Å²) < 4.78 is 16.7. The van der Waals surface area contributed by atoms with Gasteiger partial charge in [0, 0.05) is 19.3 Å². The fourth-order valence-electron chi connectivity index (χ4n) is 6.72. The number of carbonyl (C=O) groups excluding carboxylic acids is 3. The Morgan fingerprint density at radius 1 is 0.350 bits per heavy atom. The Morgan fingerprint density at radius 3 is 1.13 bits per heavy atom. The van der Waals surface area contributed by atoms with Crippen LogP contribution in [-0.2, 0) is 28.6 Å². The molecule has 0 rings (SSSR count). The van der Waals surface area contributed by atoms with Crippen molar-refractivity contribution in [2.45, 2.75) is 239 Å². The number of unbranched alkanes of at least 4 members (excludes halogenated alkanes) is 21. The van der Waals surface area contributed by atoms with E-state index in [1.165, 1.54) is 103 Å². The SMILES string of the molecule is CC/C=C\C/C=C\C/C=C\C/C=C\C/C=C\CCC(=O)OCC(COC(=O)CCCCCCCCCCCCCCC)OC(=O)CCCCC/C=C\CCCCCCCC. The first-order valence-electron chi connectivity index (χ1n) is 24.9. The van der Waals surface area contributed by atoms with Crippen LogP contribution in [0.1, 0.15) is 233 Å². The highest BCUT2D eigenvalue weighted by molar-refractivity contribution is 5.71. The van der Waals surface area contributed by atoms with Gasteiger partial charge in [-0.2, -0.15) is 0 Å². The Kier molecular flexibility index (Phi) is 46.0. The predicted octanol–water partition coefficient (Wildman–Crippen LogP) is 16.3. The lowest BCUT2D eigenvalue weighted by atomic mass is 10.0. The van der Waals surface area contributed by atoms with E-state index in [4.69, 9.17) is 14.2 Å². The first-order chi connectivity index (χ1) is 29.5. The van der Waals surface area contributed by atoms with Crippen LogP contribution in [0.5, 0.6) is 0 Å². The summed E-state index contributed by atoms with van der Waals surface area (Å²) in [5.74, 6) is -1.01. The molecule has 0 heterocycles. The molecule has 0 radical (unpaired) electrons. The number of rotatable bonds is 44.